The molecule has 0 unspecified atom stereocenters. The molecule has 1 aliphatic rings. The fraction of sp³-hybridized carbons (Fsp3) is 0.333. The van der Waals surface area contributed by atoms with Gasteiger partial charge in [0.1, 0.15) is 0 Å². The molecular weight excluding hydrogens is 392 g/mol. The number of rotatable bonds is 4. The lowest BCUT2D eigenvalue weighted by molar-refractivity contribution is 0.0697. The van der Waals surface area contributed by atoms with E-state index in [1.807, 2.05) is 36.2 Å². The van der Waals surface area contributed by atoms with Gasteiger partial charge >= 0.3 is 0 Å². The highest BCUT2D eigenvalue weighted by molar-refractivity contribution is 9.10. The van der Waals surface area contributed by atoms with E-state index in [0.29, 0.717) is 16.8 Å². The molecule has 3 rings (SSSR count). The van der Waals surface area contributed by atoms with Crippen LogP contribution in [0.25, 0.3) is 0 Å². The second kappa shape index (κ2) is 8.49. The van der Waals surface area contributed by atoms with E-state index in [1.165, 1.54) is 19.3 Å². The summed E-state index contributed by atoms with van der Waals surface area (Å²) in [6.45, 7) is 0. The normalized spacial score (nSPS) is 14.7. The van der Waals surface area contributed by atoms with Crippen LogP contribution in [-0.4, -0.2) is 29.8 Å². The van der Waals surface area contributed by atoms with Gasteiger partial charge in [0.2, 0.25) is 0 Å². The monoisotopic (exact) mass is 414 g/mol. The first-order valence-corrected chi connectivity index (χ1v) is 9.78. The van der Waals surface area contributed by atoms with Crippen molar-refractivity contribution in [1.29, 1.82) is 0 Å². The van der Waals surface area contributed by atoms with Crippen LogP contribution in [0, 0.1) is 0 Å². The molecule has 1 aliphatic carbocycles. The van der Waals surface area contributed by atoms with Crippen LogP contribution < -0.4 is 5.32 Å². The summed E-state index contributed by atoms with van der Waals surface area (Å²) in [5, 5.41) is 2.88. The number of halogens is 1. The van der Waals surface area contributed by atoms with Gasteiger partial charge in [-0.05, 0) is 49.2 Å². The number of nitrogens with one attached hydrogen (secondary N) is 1. The lowest BCUT2D eigenvalue weighted by Crippen LogP contribution is -2.38. The lowest BCUT2D eigenvalue weighted by Gasteiger charge is -2.31. The number of carbonyl (C=O) groups is 2. The Morgan fingerprint density at radius 2 is 1.65 bits per heavy atom. The first kappa shape index (κ1) is 18.6. The van der Waals surface area contributed by atoms with Crippen LogP contribution in [0.15, 0.2) is 53.0 Å². The second-order valence-electron chi connectivity index (χ2n) is 6.71. The SMILES string of the molecule is CN(C(=O)c1ccccc1NC(=O)c1ccc(Br)cc1)C1CCCCC1. The Bertz CT molecular complexity index is 783. The molecule has 0 radical (unpaired) electrons. The zero-order chi connectivity index (χ0) is 18.5. The highest BCUT2D eigenvalue weighted by Crippen LogP contribution is 2.25. The molecule has 4 nitrogen and oxygen atoms in total. The van der Waals surface area contributed by atoms with E-state index in [1.54, 1.807) is 24.3 Å². The van der Waals surface area contributed by atoms with Crippen molar-refractivity contribution in [3.8, 4) is 0 Å². The molecule has 1 N–H and O–H groups in total. The fourth-order valence-electron chi connectivity index (χ4n) is 3.40. The summed E-state index contributed by atoms with van der Waals surface area (Å²) in [5.41, 5.74) is 1.63. The molecule has 5 heteroatoms. The number of para-hydroxylation sites is 1. The topological polar surface area (TPSA) is 49.4 Å². The number of nitrogens with zero attached hydrogens (tertiary/aromatic N) is 1. The highest BCUT2D eigenvalue weighted by Gasteiger charge is 2.24. The smallest absolute Gasteiger partial charge is 0.255 e. The van der Waals surface area contributed by atoms with Crippen LogP contribution in [0.3, 0.4) is 0 Å². The first-order valence-electron chi connectivity index (χ1n) is 8.99. The molecule has 136 valence electrons. The molecule has 0 atom stereocenters. The van der Waals surface area contributed by atoms with Crippen molar-refractivity contribution < 1.29 is 9.59 Å². The minimum Gasteiger partial charge on any atom is -0.339 e. The Balaban J connectivity index is 1.78. The van der Waals surface area contributed by atoms with Gasteiger partial charge in [-0.2, -0.15) is 0 Å². The molecule has 2 aromatic carbocycles. The third kappa shape index (κ3) is 4.33. The Hall–Kier alpha value is -2.14. The summed E-state index contributed by atoms with van der Waals surface area (Å²) in [4.78, 5) is 27.4. The molecule has 1 fully saturated rings. The van der Waals surface area contributed by atoms with Crippen molar-refractivity contribution in [2.45, 2.75) is 38.1 Å². The Labute approximate surface area is 162 Å². The fourth-order valence-corrected chi connectivity index (χ4v) is 3.66. The molecule has 0 bridgehead atoms. The minimum absolute atomic E-state index is 0.0383. The summed E-state index contributed by atoms with van der Waals surface area (Å²) < 4.78 is 0.915. The predicted octanol–water partition coefficient (Wildman–Crippen LogP) is 5.11. The number of carbonyl (C=O) groups excluding carboxylic acids is 2. The van der Waals surface area contributed by atoms with Crippen molar-refractivity contribution in [3.63, 3.8) is 0 Å². The van der Waals surface area contributed by atoms with Gasteiger partial charge < -0.3 is 10.2 Å². The Morgan fingerprint density at radius 1 is 1.00 bits per heavy atom. The van der Waals surface area contributed by atoms with E-state index in [4.69, 9.17) is 0 Å². The number of anilines is 1. The molecular formula is C21H23BrN2O2. The van der Waals surface area contributed by atoms with Crippen LogP contribution >= 0.6 is 15.9 Å². The van der Waals surface area contributed by atoms with Crippen LogP contribution in [0.2, 0.25) is 0 Å². The largest absolute Gasteiger partial charge is 0.339 e. The molecule has 2 amide bonds. The second-order valence-corrected chi connectivity index (χ2v) is 7.63. The van der Waals surface area contributed by atoms with E-state index in [0.717, 1.165) is 17.3 Å². The third-order valence-corrected chi connectivity index (χ3v) is 5.48. The summed E-state index contributed by atoms with van der Waals surface area (Å²) in [6.07, 6.45) is 5.69. The summed E-state index contributed by atoms with van der Waals surface area (Å²) in [6, 6.07) is 14.6. The van der Waals surface area contributed by atoms with Gasteiger partial charge in [0.25, 0.3) is 11.8 Å². The summed E-state index contributed by atoms with van der Waals surface area (Å²) in [5.74, 6) is -0.262. The standard InChI is InChI=1S/C21H23BrN2O2/c1-24(17-7-3-2-4-8-17)21(26)18-9-5-6-10-19(18)23-20(25)15-11-13-16(22)14-12-15/h5-6,9-14,17H,2-4,7-8H2,1H3,(H,23,25). The zero-order valence-electron chi connectivity index (χ0n) is 14.9. The van der Waals surface area contributed by atoms with Crippen molar-refractivity contribution in [2.24, 2.45) is 0 Å². The number of benzene rings is 2. The molecule has 1 saturated carbocycles. The van der Waals surface area contributed by atoms with E-state index in [9.17, 15) is 9.59 Å². The zero-order valence-corrected chi connectivity index (χ0v) is 16.5. The molecule has 0 aliphatic heterocycles. The average Bonchev–Trinajstić information content (AvgIpc) is 2.68. The van der Waals surface area contributed by atoms with Crippen LogP contribution in [0.4, 0.5) is 5.69 Å². The molecule has 0 heterocycles. The van der Waals surface area contributed by atoms with Crippen molar-refractivity contribution >= 4 is 33.4 Å². The maximum atomic E-state index is 13.0. The van der Waals surface area contributed by atoms with Crippen LogP contribution in [0.1, 0.15) is 52.8 Å². The van der Waals surface area contributed by atoms with E-state index in [2.05, 4.69) is 21.2 Å². The van der Waals surface area contributed by atoms with Gasteiger partial charge in [-0.3, -0.25) is 9.59 Å². The third-order valence-electron chi connectivity index (χ3n) is 4.95. The van der Waals surface area contributed by atoms with E-state index in [-0.39, 0.29) is 17.9 Å². The van der Waals surface area contributed by atoms with Crippen molar-refractivity contribution in [3.05, 3.63) is 64.1 Å². The highest BCUT2D eigenvalue weighted by atomic mass is 79.9. The summed E-state index contributed by atoms with van der Waals surface area (Å²) in [7, 11) is 1.87. The number of amides is 2. The summed E-state index contributed by atoms with van der Waals surface area (Å²) >= 11 is 3.36. The maximum Gasteiger partial charge on any atom is 0.255 e. The van der Waals surface area contributed by atoms with E-state index >= 15 is 0 Å². The van der Waals surface area contributed by atoms with Gasteiger partial charge in [-0.1, -0.05) is 47.3 Å². The van der Waals surface area contributed by atoms with Gasteiger partial charge in [-0.15, -0.1) is 0 Å². The first-order chi connectivity index (χ1) is 12.6. The number of hydrogen-bond donors (Lipinski definition) is 1. The molecule has 0 saturated heterocycles. The van der Waals surface area contributed by atoms with Gasteiger partial charge in [0, 0.05) is 23.1 Å². The Morgan fingerprint density at radius 3 is 2.35 bits per heavy atom. The van der Waals surface area contributed by atoms with E-state index < -0.39 is 0 Å². The quantitative estimate of drug-likeness (QED) is 0.755. The van der Waals surface area contributed by atoms with Crippen LogP contribution in [0.5, 0.6) is 0 Å². The minimum atomic E-state index is -0.224. The maximum absolute atomic E-state index is 13.0. The van der Waals surface area contributed by atoms with Crippen molar-refractivity contribution in [1.82, 2.24) is 4.90 Å². The van der Waals surface area contributed by atoms with Gasteiger partial charge in [-0.25, -0.2) is 0 Å². The lowest BCUT2D eigenvalue weighted by atomic mass is 9.94. The molecule has 0 spiro atoms. The average molecular weight is 415 g/mol. The molecule has 2 aromatic rings. The molecule has 26 heavy (non-hydrogen) atoms. The Kier molecular flexibility index (Phi) is 6.09. The van der Waals surface area contributed by atoms with Crippen molar-refractivity contribution in [2.75, 3.05) is 12.4 Å². The predicted molar refractivity (Wildman–Crippen MR) is 108 cm³/mol. The molecule has 0 aromatic heterocycles. The number of hydrogen-bond acceptors (Lipinski definition) is 2. The van der Waals surface area contributed by atoms with Gasteiger partial charge in [0.05, 0.1) is 11.3 Å². The van der Waals surface area contributed by atoms with Gasteiger partial charge in [0.15, 0.2) is 0 Å². The van der Waals surface area contributed by atoms with Crippen LogP contribution in [-0.2, 0) is 0 Å².